The second-order valence-electron chi connectivity index (χ2n) is 5.44. The van der Waals surface area contributed by atoms with Gasteiger partial charge >= 0.3 is 0 Å². The van der Waals surface area contributed by atoms with Crippen LogP contribution in [0, 0.1) is 0 Å². The lowest BCUT2D eigenvalue weighted by Gasteiger charge is -2.27. The highest BCUT2D eigenvalue weighted by atomic mass is 16.3. The highest BCUT2D eigenvalue weighted by Gasteiger charge is 2.19. The van der Waals surface area contributed by atoms with E-state index in [0.717, 1.165) is 44.1 Å². The molecule has 0 bridgehead atoms. The van der Waals surface area contributed by atoms with Gasteiger partial charge in [0.1, 0.15) is 5.82 Å². The maximum absolute atomic E-state index is 9.60. The van der Waals surface area contributed by atoms with E-state index in [4.69, 9.17) is 0 Å². The summed E-state index contributed by atoms with van der Waals surface area (Å²) in [4.78, 5) is 6.77. The molecule has 108 valence electrons. The van der Waals surface area contributed by atoms with Gasteiger partial charge in [-0.05, 0) is 13.0 Å². The van der Waals surface area contributed by atoms with E-state index in [0.29, 0.717) is 0 Å². The third kappa shape index (κ3) is 2.62. The molecule has 2 aromatic rings. The van der Waals surface area contributed by atoms with Crippen molar-refractivity contribution in [3.8, 4) is 0 Å². The van der Waals surface area contributed by atoms with Crippen LogP contribution in [-0.4, -0.2) is 42.4 Å². The van der Waals surface area contributed by atoms with Crippen LogP contribution in [0.25, 0.3) is 0 Å². The number of hydrogen-bond donors (Lipinski definition) is 1. The first kappa shape index (κ1) is 13.3. The first-order chi connectivity index (χ1) is 9.63. The Hall–Kier alpha value is -1.66. The fourth-order valence-corrected chi connectivity index (χ4v) is 2.63. The van der Waals surface area contributed by atoms with Gasteiger partial charge in [-0.25, -0.2) is 4.98 Å². The quantitative estimate of drug-likeness (QED) is 0.893. The number of aliphatic hydroxyl groups is 1. The van der Waals surface area contributed by atoms with E-state index in [1.165, 1.54) is 5.69 Å². The SMILES string of the molecule is C[C@@H](O)c1cc2n(n1)CCN(CCc1nccn1C)C2. The van der Waals surface area contributed by atoms with Crippen molar-refractivity contribution in [1.29, 1.82) is 0 Å². The van der Waals surface area contributed by atoms with E-state index in [1.807, 2.05) is 30.2 Å². The van der Waals surface area contributed by atoms with Crippen LogP contribution in [0.15, 0.2) is 18.5 Å². The lowest BCUT2D eigenvalue weighted by molar-refractivity contribution is 0.190. The van der Waals surface area contributed by atoms with E-state index in [9.17, 15) is 5.11 Å². The first-order valence-corrected chi connectivity index (χ1v) is 7.06. The summed E-state index contributed by atoms with van der Waals surface area (Å²) in [7, 11) is 2.03. The molecule has 3 rings (SSSR count). The molecule has 6 heteroatoms. The second kappa shape index (κ2) is 5.38. The van der Waals surface area contributed by atoms with E-state index < -0.39 is 6.10 Å². The number of fused-ring (bicyclic) bond motifs is 1. The van der Waals surface area contributed by atoms with Gasteiger partial charge < -0.3 is 9.67 Å². The Morgan fingerprint density at radius 1 is 1.40 bits per heavy atom. The Kier molecular flexibility index (Phi) is 3.58. The van der Waals surface area contributed by atoms with Gasteiger partial charge in [0.05, 0.1) is 24.0 Å². The molecule has 1 aliphatic heterocycles. The maximum atomic E-state index is 9.60. The molecular formula is C14H21N5O. The van der Waals surface area contributed by atoms with Gasteiger partial charge in [-0.1, -0.05) is 0 Å². The first-order valence-electron chi connectivity index (χ1n) is 7.06. The van der Waals surface area contributed by atoms with E-state index in [-0.39, 0.29) is 0 Å². The van der Waals surface area contributed by atoms with Crippen LogP contribution in [0.1, 0.15) is 30.2 Å². The van der Waals surface area contributed by atoms with Crippen molar-refractivity contribution in [3.63, 3.8) is 0 Å². The summed E-state index contributed by atoms with van der Waals surface area (Å²) in [5.41, 5.74) is 1.96. The fraction of sp³-hybridized carbons (Fsp3) is 0.571. The van der Waals surface area contributed by atoms with Gasteiger partial charge in [-0.2, -0.15) is 5.10 Å². The number of nitrogens with zero attached hydrogens (tertiary/aromatic N) is 5. The molecule has 0 saturated heterocycles. The third-order valence-electron chi connectivity index (χ3n) is 3.90. The Labute approximate surface area is 118 Å². The summed E-state index contributed by atoms with van der Waals surface area (Å²) < 4.78 is 4.08. The van der Waals surface area contributed by atoms with Gasteiger partial charge in [-0.3, -0.25) is 9.58 Å². The van der Waals surface area contributed by atoms with Crippen LogP contribution in [0.2, 0.25) is 0 Å². The number of aryl methyl sites for hydroxylation is 1. The maximum Gasteiger partial charge on any atom is 0.109 e. The van der Waals surface area contributed by atoms with Crippen molar-refractivity contribution in [2.24, 2.45) is 7.05 Å². The summed E-state index contributed by atoms with van der Waals surface area (Å²) in [6.07, 6.45) is 4.29. The standard InChI is InChI=1S/C14H21N5O/c1-11(20)13-9-12-10-18(7-8-19(12)16-13)5-3-14-15-4-6-17(14)2/h4,6,9,11,20H,3,5,7-8,10H2,1-2H3/t11-/m1/s1. The number of aromatic nitrogens is 4. The zero-order valence-electron chi connectivity index (χ0n) is 12.0. The van der Waals surface area contributed by atoms with Crippen LogP contribution in [-0.2, 0) is 26.6 Å². The molecule has 6 nitrogen and oxygen atoms in total. The topological polar surface area (TPSA) is 59.1 Å². The average molecular weight is 275 g/mol. The molecule has 1 N–H and O–H groups in total. The summed E-state index contributed by atoms with van der Waals surface area (Å²) in [5, 5.41) is 14.0. The Bertz CT molecular complexity index is 586. The lowest BCUT2D eigenvalue weighted by Crippen LogP contribution is -2.35. The van der Waals surface area contributed by atoms with Gasteiger partial charge in [0.2, 0.25) is 0 Å². The normalized spacial score (nSPS) is 17.1. The number of imidazole rings is 1. The highest BCUT2D eigenvalue weighted by Crippen LogP contribution is 2.17. The monoisotopic (exact) mass is 275 g/mol. The van der Waals surface area contributed by atoms with Crippen molar-refractivity contribution in [2.75, 3.05) is 13.1 Å². The van der Waals surface area contributed by atoms with Crippen molar-refractivity contribution in [1.82, 2.24) is 24.2 Å². The molecule has 0 unspecified atom stereocenters. The molecule has 20 heavy (non-hydrogen) atoms. The van der Waals surface area contributed by atoms with Crippen LogP contribution in [0.5, 0.6) is 0 Å². The van der Waals surface area contributed by atoms with E-state index >= 15 is 0 Å². The van der Waals surface area contributed by atoms with Crippen LogP contribution < -0.4 is 0 Å². The minimum Gasteiger partial charge on any atom is -0.387 e. The van der Waals surface area contributed by atoms with Crippen LogP contribution in [0.4, 0.5) is 0 Å². The molecule has 0 spiro atoms. The second-order valence-corrected chi connectivity index (χ2v) is 5.44. The Balaban J connectivity index is 1.62. The van der Waals surface area contributed by atoms with E-state index in [1.54, 1.807) is 6.92 Å². The van der Waals surface area contributed by atoms with Gasteiger partial charge in [0.25, 0.3) is 0 Å². The molecule has 2 aromatic heterocycles. The molecule has 0 aromatic carbocycles. The van der Waals surface area contributed by atoms with Crippen LogP contribution >= 0.6 is 0 Å². The van der Waals surface area contributed by atoms with Gasteiger partial charge in [-0.15, -0.1) is 0 Å². The summed E-state index contributed by atoms with van der Waals surface area (Å²) in [6, 6.07) is 2.01. The number of hydrogen-bond acceptors (Lipinski definition) is 4. The molecule has 0 aliphatic carbocycles. The van der Waals surface area contributed by atoms with E-state index in [2.05, 4.69) is 19.5 Å². The largest absolute Gasteiger partial charge is 0.387 e. The van der Waals surface area contributed by atoms with Crippen molar-refractivity contribution >= 4 is 0 Å². The average Bonchev–Trinajstić information content (AvgIpc) is 3.01. The molecule has 0 fully saturated rings. The number of rotatable bonds is 4. The minimum atomic E-state index is -0.492. The Morgan fingerprint density at radius 3 is 2.95 bits per heavy atom. The summed E-state index contributed by atoms with van der Waals surface area (Å²) in [6.45, 7) is 5.54. The van der Waals surface area contributed by atoms with Crippen molar-refractivity contribution in [3.05, 3.63) is 35.7 Å². The zero-order valence-corrected chi connectivity index (χ0v) is 12.0. The molecule has 1 aliphatic rings. The molecule has 0 amide bonds. The smallest absolute Gasteiger partial charge is 0.109 e. The van der Waals surface area contributed by atoms with Gasteiger partial charge in [0.15, 0.2) is 0 Å². The summed E-state index contributed by atoms with van der Waals surface area (Å²) in [5.74, 6) is 1.12. The molecular weight excluding hydrogens is 254 g/mol. The molecule has 0 radical (unpaired) electrons. The molecule has 1 atom stereocenters. The Morgan fingerprint density at radius 2 is 2.25 bits per heavy atom. The predicted molar refractivity (Wildman–Crippen MR) is 75.0 cm³/mol. The lowest BCUT2D eigenvalue weighted by atomic mass is 10.2. The van der Waals surface area contributed by atoms with Crippen LogP contribution in [0.3, 0.4) is 0 Å². The van der Waals surface area contributed by atoms with Crippen molar-refractivity contribution < 1.29 is 5.11 Å². The van der Waals surface area contributed by atoms with Gasteiger partial charge in [0, 0.05) is 45.5 Å². The minimum absolute atomic E-state index is 0.492. The fourth-order valence-electron chi connectivity index (χ4n) is 2.63. The van der Waals surface area contributed by atoms with Crippen molar-refractivity contribution in [2.45, 2.75) is 32.5 Å². The number of aliphatic hydroxyl groups excluding tert-OH is 1. The third-order valence-corrected chi connectivity index (χ3v) is 3.90. The zero-order chi connectivity index (χ0) is 14.1. The highest BCUT2D eigenvalue weighted by molar-refractivity contribution is 5.13. The summed E-state index contributed by atoms with van der Waals surface area (Å²) >= 11 is 0. The molecule has 3 heterocycles. The predicted octanol–water partition coefficient (Wildman–Crippen LogP) is 0.728. The molecule has 0 saturated carbocycles.